The highest BCUT2D eigenvalue weighted by Crippen LogP contribution is 2.39. The molecule has 206 valence electrons. The Kier molecular flexibility index (Phi) is 7.96. The van der Waals surface area contributed by atoms with Crippen LogP contribution in [0.4, 0.5) is 5.00 Å². The SMILES string of the molecule is CC1CCN(S(=O)(=O)c2ccc(C(=O)Nc3sc4c(c3C(=O)N3CCCC3)CCN(C(C)C)C4)cc2)CC1. The minimum absolute atomic E-state index is 0.00517. The number of hydrogen-bond acceptors (Lipinski definition) is 6. The second kappa shape index (κ2) is 11.1. The van der Waals surface area contributed by atoms with Crippen molar-refractivity contribution in [2.75, 3.05) is 38.0 Å². The van der Waals surface area contributed by atoms with Crippen LogP contribution in [-0.2, 0) is 23.0 Å². The molecule has 0 unspecified atom stereocenters. The van der Waals surface area contributed by atoms with Gasteiger partial charge in [-0.05, 0) is 81.7 Å². The summed E-state index contributed by atoms with van der Waals surface area (Å²) in [6, 6.07) is 6.55. The van der Waals surface area contributed by atoms with Gasteiger partial charge in [-0.15, -0.1) is 11.3 Å². The second-order valence-electron chi connectivity index (χ2n) is 11.1. The first-order chi connectivity index (χ1) is 18.1. The minimum atomic E-state index is -3.58. The van der Waals surface area contributed by atoms with Gasteiger partial charge < -0.3 is 10.2 Å². The molecule has 2 fully saturated rings. The van der Waals surface area contributed by atoms with E-state index in [1.165, 1.54) is 27.8 Å². The van der Waals surface area contributed by atoms with Crippen molar-refractivity contribution in [3.8, 4) is 0 Å². The maximum atomic E-state index is 13.6. The number of nitrogens with one attached hydrogen (secondary N) is 1. The smallest absolute Gasteiger partial charge is 0.257 e. The molecule has 38 heavy (non-hydrogen) atoms. The summed E-state index contributed by atoms with van der Waals surface area (Å²) in [4.78, 5) is 32.5. The van der Waals surface area contributed by atoms with Gasteiger partial charge in [-0.3, -0.25) is 14.5 Å². The third kappa shape index (κ3) is 5.41. The summed E-state index contributed by atoms with van der Waals surface area (Å²) >= 11 is 1.50. The Morgan fingerprint density at radius 1 is 1.00 bits per heavy atom. The number of nitrogens with zero attached hydrogens (tertiary/aromatic N) is 3. The summed E-state index contributed by atoms with van der Waals surface area (Å²) in [5, 5.41) is 3.61. The topological polar surface area (TPSA) is 90.0 Å². The fourth-order valence-electron chi connectivity index (χ4n) is 5.58. The highest BCUT2D eigenvalue weighted by atomic mass is 32.2. The lowest BCUT2D eigenvalue weighted by Crippen LogP contribution is -2.37. The van der Waals surface area contributed by atoms with E-state index in [4.69, 9.17) is 0 Å². The number of likely N-dealkylation sites (tertiary alicyclic amines) is 1. The van der Waals surface area contributed by atoms with Gasteiger partial charge >= 0.3 is 0 Å². The number of hydrogen-bond donors (Lipinski definition) is 1. The van der Waals surface area contributed by atoms with E-state index >= 15 is 0 Å². The van der Waals surface area contributed by atoms with Crippen molar-refractivity contribution < 1.29 is 18.0 Å². The largest absolute Gasteiger partial charge is 0.339 e. The monoisotopic (exact) mass is 558 g/mol. The molecule has 3 aliphatic heterocycles. The summed E-state index contributed by atoms with van der Waals surface area (Å²) < 4.78 is 27.7. The Morgan fingerprint density at radius 3 is 2.29 bits per heavy atom. The summed E-state index contributed by atoms with van der Waals surface area (Å²) in [7, 11) is -3.58. The van der Waals surface area contributed by atoms with Gasteiger partial charge in [-0.2, -0.15) is 4.31 Å². The van der Waals surface area contributed by atoms with Gasteiger partial charge in [0.15, 0.2) is 0 Å². The first kappa shape index (κ1) is 27.3. The Labute approximate surface area is 230 Å². The van der Waals surface area contributed by atoms with E-state index in [0.29, 0.717) is 41.2 Å². The Bertz CT molecular complexity index is 1290. The second-order valence-corrected chi connectivity index (χ2v) is 14.1. The van der Waals surface area contributed by atoms with Crippen LogP contribution in [0.1, 0.15) is 77.6 Å². The lowest BCUT2D eigenvalue weighted by atomic mass is 10.0. The van der Waals surface area contributed by atoms with Crippen LogP contribution in [0.2, 0.25) is 0 Å². The minimum Gasteiger partial charge on any atom is -0.339 e. The molecule has 2 aromatic rings. The molecule has 10 heteroatoms. The maximum absolute atomic E-state index is 13.6. The summed E-state index contributed by atoms with van der Waals surface area (Å²) in [6.45, 7) is 10.7. The average molecular weight is 559 g/mol. The number of amides is 2. The van der Waals surface area contributed by atoms with Crippen LogP contribution in [0.25, 0.3) is 0 Å². The van der Waals surface area contributed by atoms with Crippen LogP contribution in [0.3, 0.4) is 0 Å². The maximum Gasteiger partial charge on any atom is 0.257 e. The highest BCUT2D eigenvalue weighted by molar-refractivity contribution is 7.89. The molecule has 5 rings (SSSR count). The van der Waals surface area contributed by atoms with Crippen molar-refractivity contribution in [1.29, 1.82) is 0 Å². The van der Waals surface area contributed by atoms with E-state index in [0.717, 1.165) is 68.7 Å². The van der Waals surface area contributed by atoms with Gasteiger partial charge in [0.1, 0.15) is 5.00 Å². The molecule has 4 heterocycles. The molecule has 0 radical (unpaired) electrons. The molecule has 0 aliphatic carbocycles. The van der Waals surface area contributed by atoms with Gasteiger partial charge in [-0.25, -0.2) is 8.42 Å². The Hall–Kier alpha value is -2.27. The van der Waals surface area contributed by atoms with E-state index in [-0.39, 0.29) is 16.7 Å². The first-order valence-corrected chi connectivity index (χ1v) is 16.0. The standard InChI is InChI=1S/C28H38N4O4S2/c1-19(2)31-15-12-23-24(18-31)37-27(25(23)28(34)30-13-4-5-14-30)29-26(33)21-6-8-22(9-7-21)38(35,36)32-16-10-20(3)11-17-32/h6-9,19-20H,4-5,10-18H2,1-3H3,(H,29,33). The van der Waals surface area contributed by atoms with Crippen LogP contribution < -0.4 is 5.32 Å². The Morgan fingerprint density at radius 2 is 1.66 bits per heavy atom. The van der Waals surface area contributed by atoms with Crippen LogP contribution in [-0.4, -0.2) is 73.1 Å². The van der Waals surface area contributed by atoms with E-state index in [9.17, 15) is 18.0 Å². The number of fused-ring (bicyclic) bond motifs is 1. The van der Waals surface area contributed by atoms with Crippen LogP contribution in [0.15, 0.2) is 29.2 Å². The van der Waals surface area contributed by atoms with Crippen molar-refractivity contribution in [3.05, 3.63) is 45.8 Å². The van der Waals surface area contributed by atoms with E-state index in [2.05, 4.69) is 31.0 Å². The molecule has 0 saturated carbocycles. The molecule has 3 aliphatic rings. The van der Waals surface area contributed by atoms with Crippen molar-refractivity contribution >= 4 is 38.2 Å². The van der Waals surface area contributed by atoms with E-state index < -0.39 is 10.0 Å². The van der Waals surface area contributed by atoms with Crippen LogP contribution in [0.5, 0.6) is 0 Å². The fourth-order valence-corrected chi connectivity index (χ4v) is 8.31. The lowest BCUT2D eigenvalue weighted by molar-refractivity contribution is 0.0792. The van der Waals surface area contributed by atoms with Gasteiger partial charge in [-0.1, -0.05) is 6.92 Å². The number of carbonyl (C=O) groups is 2. The summed E-state index contributed by atoms with van der Waals surface area (Å²) in [5.41, 5.74) is 2.07. The number of anilines is 1. The normalized spacial score (nSPS) is 19.6. The third-order valence-corrected chi connectivity index (χ3v) is 11.2. The molecule has 0 spiro atoms. The Balaban J connectivity index is 1.37. The predicted octanol–water partition coefficient (Wildman–Crippen LogP) is 4.42. The molecular weight excluding hydrogens is 520 g/mol. The van der Waals surface area contributed by atoms with Gasteiger partial charge in [0.2, 0.25) is 10.0 Å². The third-order valence-electron chi connectivity index (χ3n) is 8.15. The van der Waals surface area contributed by atoms with Crippen LogP contribution in [0, 0.1) is 5.92 Å². The molecule has 2 amide bonds. The number of sulfonamides is 1. The number of carbonyl (C=O) groups excluding carboxylic acids is 2. The number of rotatable bonds is 6. The van der Waals surface area contributed by atoms with E-state index in [1.807, 2.05) is 4.90 Å². The first-order valence-electron chi connectivity index (χ1n) is 13.7. The van der Waals surface area contributed by atoms with Gasteiger partial charge in [0.05, 0.1) is 10.5 Å². The van der Waals surface area contributed by atoms with Crippen molar-refractivity contribution in [1.82, 2.24) is 14.1 Å². The van der Waals surface area contributed by atoms with Gasteiger partial charge in [0, 0.05) is 55.8 Å². The predicted molar refractivity (Wildman–Crippen MR) is 150 cm³/mol. The number of benzene rings is 1. The zero-order chi connectivity index (χ0) is 27.0. The molecule has 2 saturated heterocycles. The molecular formula is C28H38N4O4S2. The van der Waals surface area contributed by atoms with Crippen LogP contribution >= 0.6 is 11.3 Å². The quantitative estimate of drug-likeness (QED) is 0.567. The molecule has 1 N–H and O–H groups in total. The zero-order valence-electron chi connectivity index (χ0n) is 22.5. The summed E-state index contributed by atoms with van der Waals surface area (Å²) in [5.74, 6) is 0.201. The molecule has 0 bridgehead atoms. The molecule has 0 atom stereocenters. The fraction of sp³-hybridized carbons (Fsp3) is 0.571. The van der Waals surface area contributed by atoms with E-state index in [1.54, 1.807) is 12.1 Å². The number of piperidine rings is 1. The highest BCUT2D eigenvalue weighted by Gasteiger charge is 2.33. The van der Waals surface area contributed by atoms with Crippen molar-refractivity contribution in [2.45, 2.75) is 70.4 Å². The van der Waals surface area contributed by atoms with Crippen molar-refractivity contribution in [2.24, 2.45) is 5.92 Å². The summed E-state index contributed by atoms with van der Waals surface area (Å²) in [6.07, 6.45) is 4.52. The average Bonchev–Trinajstić information content (AvgIpc) is 3.56. The molecule has 1 aromatic heterocycles. The zero-order valence-corrected chi connectivity index (χ0v) is 24.2. The van der Waals surface area contributed by atoms with Gasteiger partial charge in [0.25, 0.3) is 11.8 Å². The van der Waals surface area contributed by atoms with Crippen molar-refractivity contribution in [3.63, 3.8) is 0 Å². The number of thiophene rings is 1. The molecule has 8 nitrogen and oxygen atoms in total. The lowest BCUT2D eigenvalue weighted by Gasteiger charge is -2.30. The molecule has 1 aromatic carbocycles.